The maximum atomic E-state index is 6.15. The number of aryl methyl sites for hydroxylation is 1. The molecule has 0 aliphatic rings. The number of nitrogens with zero attached hydrogens (tertiary/aromatic N) is 3. The molecular formula is C13H14N4S. The Morgan fingerprint density at radius 2 is 2.22 bits per heavy atom. The molecule has 18 heavy (non-hydrogen) atoms. The highest BCUT2D eigenvalue weighted by atomic mass is 32.1. The molecule has 0 saturated heterocycles. The van der Waals surface area contributed by atoms with E-state index in [2.05, 4.69) is 16.0 Å². The van der Waals surface area contributed by atoms with Gasteiger partial charge >= 0.3 is 0 Å². The van der Waals surface area contributed by atoms with Crippen molar-refractivity contribution in [1.82, 2.24) is 14.5 Å². The normalized spacial score (nSPS) is 13.0. The zero-order valence-electron chi connectivity index (χ0n) is 10.1. The van der Waals surface area contributed by atoms with Gasteiger partial charge in [-0.15, -0.1) is 11.3 Å². The van der Waals surface area contributed by atoms with E-state index in [0.29, 0.717) is 0 Å². The molecule has 0 saturated carbocycles. The molecule has 0 fully saturated rings. The summed E-state index contributed by atoms with van der Waals surface area (Å²) in [7, 11) is 1.95. The number of aromatic nitrogens is 3. The van der Waals surface area contributed by atoms with Crippen molar-refractivity contribution >= 4 is 21.6 Å². The highest BCUT2D eigenvalue weighted by Gasteiger charge is 2.12. The zero-order chi connectivity index (χ0) is 12.5. The van der Waals surface area contributed by atoms with Crippen molar-refractivity contribution < 1.29 is 0 Å². The van der Waals surface area contributed by atoms with Gasteiger partial charge in [0.25, 0.3) is 0 Å². The number of imidazole rings is 1. The summed E-state index contributed by atoms with van der Waals surface area (Å²) in [4.78, 5) is 8.87. The van der Waals surface area contributed by atoms with Crippen LogP contribution < -0.4 is 5.73 Å². The Kier molecular flexibility index (Phi) is 2.85. The number of rotatable bonds is 3. The van der Waals surface area contributed by atoms with E-state index in [-0.39, 0.29) is 6.04 Å². The van der Waals surface area contributed by atoms with Gasteiger partial charge in [-0.2, -0.15) is 0 Å². The molecule has 3 rings (SSSR count). The van der Waals surface area contributed by atoms with Gasteiger partial charge in [-0.25, -0.2) is 9.97 Å². The first-order valence-electron chi connectivity index (χ1n) is 5.80. The van der Waals surface area contributed by atoms with E-state index in [1.165, 1.54) is 4.70 Å². The molecule has 0 spiro atoms. The first kappa shape index (κ1) is 11.4. The summed E-state index contributed by atoms with van der Waals surface area (Å²) in [6, 6.07) is 8.06. The fraction of sp³-hybridized carbons (Fsp3) is 0.231. The Morgan fingerprint density at radius 1 is 1.39 bits per heavy atom. The summed E-state index contributed by atoms with van der Waals surface area (Å²) in [5, 5.41) is 1.06. The summed E-state index contributed by atoms with van der Waals surface area (Å²) in [6.45, 7) is 0. The van der Waals surface area contributed by atoms with Crippen LogP contribution in [-0.2, 0) is 13.5 Å². The van der Waals surface area contributed by atoms with Crippen molar-refractivity contribution in [2.24, 2.45) is 12.8 Å². The second-order valence-corrected chi connectivity index (χ2v) is 5.47. The van der Waals surface area contributed by atoms with E-state index < -0.39 is 0 Å². The standard InChI is InChI=1S/C13H14N4S/c1-17-7-11(15-8-17)9(14)6-13-16-10-4-2-3-5-12(10)18-13/h2-5,7-9H,6,14H2,1H3. The van der Waals surface area contributed by atoms with Crippen molar-refractivity contribution in [3.63, 3.8) is 0 Å². The zero-order valence-corrected chi connectivity index (χ0v) is 10.9. The molecule has 0 radical (unpaired) electrons. The molecule has 3 aromatic rings. The molecule has 2 aromatic heterocycles. The molecule has 0 amide bonds. The first-order valence-corrected chi connectivity index (χ1v) is 6.62. The minimum absolute atomic E-state index is 0.0910. The van der Waals surface area contributed by atoms with Crippen molar-refractivity contribution in [3.8, 4) is 0 Å². The van der Waals surface area contributed by atoms with Crippen LogP contribution >= 0.6 is 11.3 Å². The van der Waals surface area contributed by atoms with Crippen LogP contribution in [0.4, 0.5) is 0 Å². The summed E-state index contributed by atoms with van der Waals surface area (Å²) in [6.07, 6.45) is 4.46. The smallest absolute Gasteiger partial charge is 0.0958 e. The number of hydrogen-bond donors (Lipinski definition) is 1. The average Bonchev–Trinajstić information content (AvgIpc) is 2.94. The third-order valence-corrected chi connectivity index (χ3v) is 3.90. The lowest BCUT2D eigenvalue weighted by Crippen LogP contribution is -2.13. The number of fused-ring (bicyclic) bond motifs is 1. The maximum absolute atomic E-state index is 6.15. The molecule has 1 aromatic carbocycles. The van der Waals surface area contributed by atoms with Gasteiger partial charge in [0, 0.05) is 19.7 Å². The van der Waals surface area contributed by atoms with E-state index in [4.69, 9.17) is 5.73 Å². The van der Waals surface area contributed by atoms with Crippen LogP contribution in [0.5, 0.6) is 0 Å². The molecule has 4 nitrogen and oxygen atoms in total. The summed E-state index contributed by atoms with van der Waals surface area (Å²) in [5.74, 6) is 0. The number of benzene rings is 1. The molecule has 0 bridgehead atoms. The number of hydrogen-bond acceptors (Lipinski definition) is 4. The monoisotopic (exact) mass is 258 g/mol. The lowest BCUT2D eigenvalue weighted by Gasteiger charge is -2.05. The lowest BCUT2D eigenvalue weighted by molar-refractivity contribution is 0.698. The van der Waals surface area contributed by atoms with E-state index >= 15 is 0 Å². The van der Waals surface area contributed by atoms with E-state index in [1.54, 1.807) is 17.7 Å². The van der Waals surface area contributed by atoms with Crippen molar-refractivity contribution in [1.29, 1.82) is 0 Å². The second kappa shape index (κ2) is 4.51. The van der Waals surface area contributed by atoms with Crippen LogP contribution in [0.25, 0.3) is 10.2 Å². The Bertz CT molecular complexity index is 637. The fourth-order valence-electron chi connectivity index (χ4n) is 1.92. The molecule has 1 atom stereocenters. The average molecular weight is 258 g/mol. The molecule has 92 valence electrons. The van der Waals surface area contributed by atoms with Crippen molar-refractivity contribution in [3.05, 3.63) is 47.5 Å². The Hall–Kier alpha value is -1.72. The molecule has 5 heteroatoms. The van der Waals surface area contributed by atoms with Gasteiger partial charge in [-0.05, 0) is 12.1 Å². The van der Waals surface area contributed by atoms with Crippen LogP contribution in [0.2, 0.25) is 0 Å². The predicted octanol–water partition coefficient (Wildman–Crippen LogP) is 2.27. The Balaban J connectivity index is 1.83. The molecule has 0 aliphatic heterocycles. The highest BCUT2D eigenvalue weighted by Crippen LogP contribution is 2.24. The second-order valence-electron chi connectivity index (χ2n) is 4.35. The highest BCUT2D eigenvalue weighted by molar-refractivity contribution is 7.18. The van der Waals surface area contributed by atoms with Crippen molar-refractivity contribution in [2.45, 2.75) is 12.5 Å². The van der Waals surface area contributed by atoms with Crippen LogP contribution in [0.1, 0.15) is 16.7 Å². The van der Waals surface area contributed by atoms with Gasteiger partial charge in [0.05, 0.1) is 33.3 Å². The third kappa shape index (κ3) is 2.14. The molecular weight excluding hydrogens is 244 g/mol. The number of nitrogens with two attached hydrogens (primary N) is 1. The Morgan fingerprint density at radius 3 is 2.94 bits per heavy atom. The number of para-hydroxylation sites is 1. The SMILES string of the molecule is Cn1cnc(C(N)Cc2nc3ccccc3s2)c1. The summed E-state index contributed by atoms with van der Waals surface area (Å²) in [5.41, 5.74) is 8.11. The predicted molar refractivity (Wildman–Crippen MR) is 73.5 cm³/mol. The van der Waals surface area contributed by atoms with Crippen LogP contribution in [0, 0.1) is 0 Å². The largest absolute Gasteiger partial charge is 0.340 e. The van der Waals surface area contributed by atoms with Crippen LogP contribution in [0.3, 0.4) is 0 Å². The van der Waals surface area contributed by atoms with Gasteiger partial charge in [-0.1, -0.05) is 12.1 Å². The van der Waals surface area contributed by atoms with E-state index in [0.717, 1.165) is 22.6 Å². The maximum Gasteiger partial charge on any atom is 0.0958 e. The van der Waals surface area contributed by atoms with Gasteiger partial charge in [-0.3, -0.25) is 0 Å². The lowest BCUT2D eigenvalue weighted by atomic mass is 10.2. The van der Waals surface area contributed by atoms with E-state index in [1.807, 2.05) is 36.0 Å². The molecule has 1 unspecified atom stereocenters. The van der Waals surface area contributed by atoms with Gasteiger partial charge in [0.2, 0.25) is 0 Å². The molecule has 0 aliphatic carbocycles. The van der Waals surface area contributed by atoms with Crippen LogP contribution in [-0.4, -0.2) is 14.5 Å². The summed E-state index contributed by atoms with van der Waals surface area (Å²) < 4.78 is 3.12. The first-order chi connectivity index (χ1) is 8.72. The van der Waals surface area contributed by atoms with E-state index in [9.17, 15) is 0 Å². The minimum atomic E-state index is -0.0910. The quantitative estimate of drug-likeness (QED) is 0.784. The van der Waals surface area contributed by atoms with Gasteiger partial charge < -0.3 is 10.3 Å². The fourth-order valence-corrected chi connectivity index (χ4v) is 2.95. The summed E-state index contributed by atoms with van der Waals surface area (Å²) >= 11 is 1.70. The third-order valence-electron chi connectivity index (χ3n) is 2.84. The molecule has 2 N–H and O–H groups in total. The topological polar surface area (TPSA) is 56.7 Å². The van der Waals surface area contributed by atoms with Crippen molar-refractivity contribution in [2.75, 3.05) is 0 Å². The van der Waals surface area contributed by atoms with Gasteiger partial charge in [0.1, 0.15) is 0 Å². The van der Waals surface area contributed by atoms with Gasteiger partial charge in [0.15, 0.2) is 0 Å². The van der Waals surface area contributed by atoms with Crippen LogP contribution in [0.15, 0.2) is 36.8 Å². The number of thiazole rings is 1. The Labute approximate surface area is 109 Å². The minimum Gasteiger partial charge on any atom is -0.340 e. The molecule has 2 heterocycles.